The number of ether oxygens (including phenoxy) is 1. The fourth-order valence-corrected chi connectivity index (χ4v) is 7.85. The maximum Gasteiger partial charge on any atom is 0.326 e. The number of amides is 4. The lowest BCUT2D eigenvalue weighted by Gasteiger charge is -2.43. The fourth-order valence-electron chi connectivity index (χ4n) is 6.31. The second kappa shape index (κ2) is 10.9. The first-order valence-corrected chi connectivity index (χ1v) is 14.9. The van der Waals surface area contributed by atoms with Crippen molar-refractivity contribution in [1.82, 2.24) is 14.5 Å². The molecular weight excluding hydrogens is 524 g/mol. The van der Waals surface area contributed by atoms with Gasteiger partial charge in [0.2, 0.25) is 10.0 Å². The summed E-state index contributed by atoms with van der Waals surface area (Å²) >= 11 is 0. The summed E-state index contributed by atoms with van der Waals surface area (Å²) in [6.07, 6.45) is 4.53. The van der Waals surface area contributed by atoms with E-state index in [4.69, 9.17) is 4.74 Å². The van der Waals surface area contributed by atoms with E-state index < -0.39 is 52.5 Å². The second-order valence-electron chi connectivity index (χ2n) is 11.9. The van der Waals surface area contributed by atoms with Crippen LogP contribution in [-0.4, -0.2) is 73.2 Å². The monoisotopic (exact) mass is 562 g/mol. The maximum atomic E-state index is 13.2. The number of rotatable bonds is 7. The van der Waals surface area contributed by atoms with E-state index in [1.54, 1.807) is 13.0 Å². The number of hydrogen-bond donors (Lipinski definition) is 2. The molecule has 2 saturated heterocycles. The van der Waals surface area contributed by atoms with Crippen molar-refractivity contribution >= 4 is 39.5 Å². The summed E-state index contributed by atoms with van der Waals surface area (Å²) in [5.74, 6) is -1.79. The summed E-state index contributed by atoms with van der Waals surface area (Å²) in [7, 11) is -3.69. The minimum absolute atomic E-state index is 0.0787. The number of hydrogen-bond acceptors (Lipinski definition) is 7. The molecule has 1 spiro atoms. The highest BCUT2D eigenvalue weighted by Gasteiger charge is 2.56. The number of imide groups is 1. The van der Waals surface area contributed by atoms with E-state index in [0.717, 1.165) is 30.6 Å². The molecule has 2 N–H and O–H groups in total. The molecule has 2 heterocycles. The number of carbonyl (C=O) groups excluding carboxylic acids is 4. The Morgan fingerprint density at radius 2 is 1.82 bits per heavy atom. The average Bonchev–Trinajstić information content (AvgIpc) is 3.06. The predicted octanol–water partition coefficient (Wildman–Crippen LogP) is 2.79. The number of benzene rings is 1. The van der Waals surface area contributed by atoms with Gasteiger partial charge in [-0.3, -0.25) is 19.3 Å². The van der Waals surface area contributed by atoms with Gasteiger partial charge in [0, 0.05) is 18.8 Å². The lowest BCUT2D eigenvalue weighted by atomic mass is 9.64. The first-order chi connectivity index (χ1) is 18.2. The second-order valence-corrected chi connectivity index (χ2v) is 13.8. The van der Waals surface area contributed by atoms with Crippen molar-refractivity contribution in [3.05, 3.63) is 23.8 Å². The van der Waals surface area contributed by atoms with Gasteiger partial charge in [0.25, 0.3) is 11.8 Å². The van der Waals surface area contributed by atoms with Gasteiger partial charge in [0.1, 0.15) is 12.1 Å². The van der Waals surface area contributed by atoms with Crippen molar-refractivity contribution in [2.75, 3.05) is 31.6 Å². The number of sulfonamides is 1. The maximum absolute atomic E-state index is 13.2. The van der Waals surface area contributed by atoms with Crippen LogP contribution in [0, 0.1) is 18.3 Å². The number of carbonyl (C=O) groups is 4. The van der Waals surface area contributed by atoms with Crippen LogP contribution in [0.2, 0.25) is 0 Å². The van der Waals surface area contributed by atoms with Gasteiger partial charge in [-0.15, -0.1) is 0 Å². The highest BCUT2D eigenvalue weighted by atomic mass is 32.2. The Morgan fingerprint density at radius 1 is 1.13 bits per heavy atom. The third-order valence-electron chi connectivity index (χ3n) is 7.71. The van der Waals surface area contributed by atoms with Gasteiger partial charge in [-0.25, -0.2) is 13.2 Å². The van der Waals surface area contributed by atoms with Crippen molar-refractivity contribution in [1.29, 1.82) is 0 Å². The lowest BCUT2D eigenvalue weighted by molar-refractivity contribution is -0.150. The summed E-state index contributed by atoms with van der Waals surface area (Å²) < 4.78 is 32.5. The van der Waals surface area contributed by atoms with Gasteiger partial charge in [-0.05, 0) is 68.1 Å². The topological polar surface area (TPSA) is 142 Å². The minimum atomic E-state index is -3.69. The predicted molar refractivity (Wildman–Crippen MR) is 143 cm³/mol. The fraction of sp³-hybridized carbons (Fsp3) is 0.630. The number of aryl methyl sites for hydroxylation is 1. The molecular formula is C27H38N4O7S. The molecule has 4 amide bonds. The van der Waals surface area contributed by atoms with Crippen LogP contribution >= 0.6 is 0 Å². The van der Waals surface area contributed by atoms with Gasteiger partial charge < -0.3 is 15.4 Å². The molecule has 4 rings (SSSR count). The highest BCUT2D eigenvalue weighted by Crippen LogP contribution is 2.46. The molecule has 1 saturated carbocycles. The number of esters is 1. The molecule has 0 aromatic heterocycles. The molecule has 39 heavy (non-hydrogen) atoms. The first-order valence-electron chi connectivity index (χ1n) is 13.4. The summed E-state index contributed by atoms with van der Waals surface area (Å²) in [5, 5.41) is 5.40. The zero-order valence-electron chi connectivity index (χ0n) is 23.0. The molecule has 0 unspecified atom stereocenters. The SMILES string of the molecule is Cc1ccc(S(=O)(=O)N2CCCCC2)cc1NC(=O)COC(=O)CN1C(=O)N[C@]2(C[C@@H](C)CC(C)(C)C2)C1=O. The third kappa shape index (κ3) is 6.27. The molecule has 0 bridgehead atoms. The van der Waals surface area contributed by atoms with Crippen molar-refractivity contribution < 1.29 is 32.3 Å². The summed E-state index contributed by atoms with van der Waals surface area (Å²) in [4.78, 5) is 51.8. The zero-order valence-corrected chi connectivity index (χ0v) is 23.9. The van der Waals surface area contributed by atoms with Crippen LogP contribution in [-0.2, 0) is 29.1 Å². The molecule has 1 aromatic carbocycles. The molecule has 3 fully saturated rings. The molecule has 214 valence electrons. The van der Waals surface area contributed by atoms with Crippen LogP contribution in [0.15, 0.2) is 23.1 Å². The molecule has 12 heteroatoms. The molecule has 3 aliphatic rings. The highest BCUT2D eigenvalue weighted by molar-refractivity contribution is 7.89. The summed E-state index contributed by atoms with van der Waals surface area (Å²) in [6.45, 7) is 7.54. The Labute approximate surface area is 229 Å². The zero-order chi connectivity index (χ0) is 28.6. The van der Waals surface area contributed by atoms with E-state index in [1.807, 2.05) is 6.92 Å². The molecule has 0 radical (unpaired) electrons. The number of nitrogens with one attached hydrogen (secondary N) is 2. The van der Waals surface area contributed by atoms with Crippen molar-refractivity contribution in [2.45, 2.75) is 76.7 Å². The Hall–Kier alpha value is -2.99. The number of nitrogens with zero attached hydrogens (tertiary/aromatic N) is 2. The van der Waals surface area contributed by atoms with Gasteiger partial charge in [0.05, 0.1) is 4.90 Å². The molecule has 2 atom stereocenters. The van der Waals surface area contributed by atoms with E-state index in [9.17, 15) is 27.6 Å². The number of anilines is 1. The first kappa shape index (κ1) is 29.0. The van der Waals surface area contributed by atoms with E-state index in [-0.39, 0.29) is 16.2 Å². The Bertz CT molecular complexity index is 1270. The van der Waals surface area contributed by atoms with Crippen molar-refractivity contribution in [2.24, 2.45) is 11.3 Å². The standard InChI is InChI=1S/C27H38N4O7S/c1-18-13-26(3,4)17-27(14-18)24(34)31(25(35)29-27)15-23(33)38-16-22(32)28-21-12-20(9-8-19(21)2)39(36,37)30-10-6-5-7-11-30/h8-9,12,18H,5-7,10-11,13-17H2,1-4H3,(H,28,32)(H,29,35)/t18-,27-/m0/s1. The van der Waals surface area contributed by atoms with Crippen molar-refractivity contribution in [3.63, 3.8) is 0 Å². The van der Waals surface area contributed by atoms with Gasteiger partial charge in [-0.2, -0.15) is 4.31 Å². The van der Waals surface area contributed by atoms with Gasteiger partial charge in [0.15, 0.2) is 6.61 Å². The summed E-state index contributed by atoms with van der Waals surface area (Å²) in [5.41, 5.74) is -0.245. The van der Waals surface area contributed by atoms with Crippen LogP contribution in [0.1, 0.15) is 64.9 Å². The normalized spacial score (nSPS) is 25.4. The average molecular weight is 563 g/mol. The Kier molecular flexibility index (Phi) is 8.09. The van der Waals surface area contributed by atoms with E-state index >= 15 is 0 Å². The molecule has 11 nitrogen and oxygen atoms in total. The summed E-state index contributed by atoms with van der Waals surface area (Å²) in [6, 6.07) is 3.87. The van der Waals surface area contributed by atoms with Crippen LogP contribution in [0.3, 0.4) is 0 Å². The lowest BCUT2D eigenvalue weighted by Crippen LogP contribution is -2.54. The number of piperidine rings is 1. The molecule has 1 aliphatic carbocycles. The Morgan fingerprint density at radius 3 is 2.49 bits per heavy atom. The number of urea groups is 1. The van der Waals surface area contributed by atoms with Crippen LogP contribution < -0.4 is 10.6 Å². The van der Waals surface area contributed by atoms with Crippen molar-refractivity contribution in [3.8, 4) is 0 Å². The largest absolute Gasteiger partial charge is 0.454 e. The smallest absolute Gasteiger partial charge is 0.326 e. The van der Waals surface area contributed by atoms with Gasteiger partial charge >= 0.3 is 12.0 Å². The third-order valence-corrected chi connectivity index (χ3v) is 9.61. The quantitative estimate of drug-likeness (QED) is 0.384. The van der Waals surface area contributed by atoms with Crippen LogP contribution in [0.5, 0.6) is 0 Å². The van der Waals surface area contributed by atoms with Crippen LogP contribution in [0.25, 0.3) is 0 Å². The van der Waals surface area contributed by atoms with Gasteiger partial charge in [-0.1, -0.05) is 33.3 Å². The van der Waals surface area contributed by atoms with Crippen LogP contribution in [0.4, 0.5) is 10.5 Å². The molecule has 2 aliphatic heterocycles. The van der Waals surface area contributed by atoms with E-state index in [2.05, 4.69) is 24.5 Å². The van der Waals surface area contributed by atoms with E-state index in [0.29, 0.717) is 37.2 Å². The Balaban J connectivity index is 1.34. The molecule has 1 aromatic rings. The van der Waals surface area contributed by atoms with E-state index in [1.165, 1.54) is 16.4 Å². The minimum Gasteiger partial charge on any atom is -0.454 e.